The average molecular weight is 479 g/mol. The summed E-state index contributed by atoms with van der Waals surface area (Å²) in [6, 6.07) is 3.66. The van der Waals surface area contributed by atoms with E-state index in [2.05, 4.69) is 16.0 Å². The summed E-state index contributed by atoms with van der Waals surface area (Å²) >= 11 is 1.49. The van der Waals surface area contributed by atoms with Crippen molar-refractivity contribution in [3.8, 4) is 0 Å². The number of aliphatic carboxylic acids is 1. The van der Waals surface area contributed by atoms with Crippen molar-refractivity contribution >= 4 is 47.0 Å². The van der Waals surface area contributed by atoms with Gasteiger partial charge in [0, 0.05) is 0 Å². The van der Waals surface area contributed by atoms with Crippen molar-refractivity contribution in [3.63, 3.8) is 0 Å². The Balaban J connectivity index is 2.32. The summed E-state index contributed by atoms with van der Waals surface area (Å²) in [5.41, 5.74) is 1.06. The molecular formula is C23H34N4O5S. The average Bonchev–Trinajstić information content (AvgIpc) is 2.77. The van der Waals surface area contributed by atoms with Gasteiger partial charge in [0.2, 0.25) is 11.8 Å². The third-order valence-electron chi connectivity index (χ3n) is 5.82. The topological polar surface area (TPSA) is 128 Å². The molecule has 0 saturated carbocycles. The monoisotopic (exact) mass is 478 g/mol. The number of carboxylic acids is 1. The molecule has 0 spiro atoms. The maximum Gasteiger partial charge on any atom is 0.326 e. The number of fused-ring (bicyclic) bond motifs is 1. The molecule has 0 bridgehead atoms. The fourth-order valence-corrected chi connectivity index (χ4v) is 4.23. The van der Waals surface area contributed by atoms with Crippen LogP contribution in [0.4, 0.5) is 16.2 Å². The van der Waals surface area contributed by atoms with E-state index in [4.69, 9.17) is 0 Å². The van der Waals surface area contributed by atoms with Gasteiger partial charge in [-0.25, -0.2) is 9.59 Å². The molecule has 0 saturated heterocycles. The number of nitrogens with one attached hydrogen (secondary N) is 3. The number of para-hydroxylation sites is 2. The van der Waals surface area contributed by atoms with Crippen LogP contribution in [-0.2, 0) is 14.4 Å². The smallest absolute Gasteiger partial charge is 0.326 e. The van der Waals surface area contributed by atoms with E-state index >= 15 is 0 Å². The molecule has 1 heterocycles. The van der Waals surface area contributed by atoms with Gasteiger partial charge < -0.3 is 21.1 Å². The molecule has 182 valence electrons. The highest BCUT2D eigenvalue weighted by molar-refractivity contribution is 7.98. The molecule has 4 N–H and O–H groups in total. The molecule has 0 fully saturated rings. The van der Waals surface area contributed by atoms with E-state index in [0.29, 0.717) is 23.5 Å². The van der Waals surface area contributed by atoms with Crippen molar-refractivity contribution < 1.29 is 24.3 Å². The van der Waals surface area contributed by atoms with Crippen LogP contribution in [0.15, 0.2) is 24.3 Å². The Morgan fingerprint density at radius 2 is 1.85 bits per heavy atom. The summed E-state index contributed by atoms with van der Waals surface area (Å²) in [7, 11) is 0. The predicted octanol–water partition coefficient (Wildman–Crippen LogP) is 2.92. The van der Waals surface area contributed by atoms with Gasteiger partial charge in [0.15, 0.2) is 0 Å². The van der Waals surface area contributed by atoms with E-state index in [0.717, 1.165) is 0 Å². The summed E-state index contributed by atoms with van der Waals surface area (Å²) in [5, 5.41) is 17.7. The maximum absolute atomic E-state index is 13.5. The number of hydrogen-bond acceptors (Lipinski definition) is 5. The van der Waals surface area contributed by atoms with E-state index in [1.165, 1.54) is 16.7 Å². The number of carbonyl (C=O) groups excluding carboxylic acids is 3. The zero-order valence-electron chi connectivity index (χ0n) is 19.8. The third kappa shape index (κ3) is 6.40. The summed E-state index contributed by atoms with van der Waals surface area (Å²) in [6.07, 6.45) is 2.73. The molecule has 4 unspecified atom stereocenters. The first kappa shape index (κ1) is 26.5. The quantitative estimate of drug-likeness (QED) is 0.409. The van der Waals surface area contributed by atoms with Crippen LogP contribution in [0.3, 0.4) is 0 Å². The second kappa shape index (κ2) is 11.9. The fourth-order valence-electron chi connectivity index (χ4n) is 3.76. The lowest BCUT2D eigenvalue weighted by Gasteiger charge is -2.39. The molecule has 1 aliphatic heterocycles. The van der Waals surface area contributed by atoms with Gasteiger partial charge >= 0.3 is 12.0 Å². The van der Waals surface area contributed by atoms with Gasteiger partial charge in [0.25, 0.3) is 0 Å². The van der Waals surface area contributed by atoms with Crippen molar-refractivity contribution in [3.05, 3.63) is 24.3 Å². The maximum atomic E-state index is 13.5. The number of amides is 4. The molecule has 10 heteroatoms. The van der Waals surface area contributed by atoms with Crippen LogP contribution in [0.5, 0.6) is 0 Å². The first-order valence-electron chi connectivity index (χ1n) is 11.1. The molecule has 0 radical (unpaired) electrons. The highest BCUT2D eigenvalue weighted by Gasteiger charge is 2.40. The molecular weight excluding hydrogens is 444 g/mol. The summed E-state index contributed by atoms with van der Waals surface area (Å²) in [4.78, 5) is 52.3. The number of anilines is 2. The second-order valence-electron chi connectivity index (χ2n) is 8.56. The molecule has 1 aromatic rings. The van der Waals surface area contributed by atoms with Crippen LogP contribution in [0.1, 0.15) is 40.5 Å². The van der Waals surface area contributed by atoms with Crippen LogP contribution in [0.2, 0.25) is 0 Å². The van der Waals surface area contributed by atoms with Crippen molar-refractivity contribution in [2.75, 3.05) is 22.2 Å². The minimum absolute atomic E-state index is 0.178. The number of hydrogen-bond donors (Lipinski definition) is 4. The van der Waals surface area contributed by atoms with Crippen molar-refractivity contribution in [1.82, 2.24) is 10.6 Å². The molecule has 4 amide bonds. The van der Waals surface area contributed by atoms with Crippen LogP contribution in [0.25, 0.3) is 0 Å². The molecule has 9 nitrogen and oxygen atoms in total. The number of urea groups is 1. The number of thioether (sulfide) groups is 1. The highest BCUT2D eigenvalue weighted by atomic mass is 32.2. The molecule has 33 heavy (non-hydrogen) atoms. The largest absolute Gasteiger partial charge is 0.480 e. The lowest BCUT2D eigenvalue weighted by atomic mass is 9.96. The molecule has 2 rings (SSSR count). The van der Waals surface area contributed by atoms with Crippen molar-refractivity contribution in [2.24, 2.45) is 11.8 Å². The van der Waals surface area contributed by atoms with Gasteiger partial charge in [-0.3, -0.25) is 14.5 Å². The van der Waals surface area contributed by atoms with Crippen LogP contribution < -0.4 is 20.9 Å². The third-order valence-corrected chi connectivity index (χ3v) is 6.46. The molecule has 0 aliphatic carbocycles. The standard InChI is InChI=1S/C23H34N4O5S/c1-6-14(4)18(20(28)25-16(22(30)31)11-12-33-5)26-23(32)27-17-10-8-7-9-15(17)24-21(29)19(27)13(2)3/h7-10,13-14,16,18-19H,6,11-12H2,1-5H3,(H,24,29)(H,25,28)(H,26,32)(H,30,31). The Morgan fingerprint density at radius 1 is 1.18 bits per heavy atom. The summed E-state index contributed by atoms with van der Waals surface area (Å²) in [6.45, 7) is 7.40. The Bertz CT molecular complexity index is 878. The lowest BCUT2D eigenvalue weighted by Crippen LogP contribution is -2.61. The van der Waals surface area contributed by atoms with E-state index in [1.54, 1.807) is 24.3 Å². The molecule has 4 atom stereocenters. The predicted molar refractivity (Wildman–Crippen MR) is 131 cm³/mol. The first-order valence-corrected chi connectivity index (χ1v) is 12.5. The minimum Gasteiger partial charge on any atom is -0.480 e. The Kier molecular flexibility index (Phi) is 9.57. The summed E-state index contributed by atoms with van der Waals surface area (Å²) < 4.78 is 0. The van der Waals surface area contributed by atoms with E-state index in [-0.39, 0.29) is 24.2 Å². The Hall–Kier alpha value is -2.75. The Morgan fingerprint density at radius 3 is 2.42 bits per heavy atom. The number of carboxylic acid groups (broad SMARTS) is 1. The summed E-state index contributed by atoms with van der Waals surface area (Å²) in [5.74, 6) is -1.83. The van der Waals surface area contributed by atoms with Gasteiger partial charge in [-0.15, -0.1) is 0 Å². The zero-order valence-corrected chi connectivity index (χ0v) is 20.6. The van der Waals surface area contributed by atoms with Crippen LogP contribution >= 0.6 is 11.8 Å². The molecule has 0 aromatic heterocycles. The fraction of sp³-hybridized carbons (Fsp3) is 0.565. The van der Waals surface area contributed by atoms with Gasteiger partial charge in [0.05, 0.1) is 11.4 Å². The van der Waals surface area contributed by atoms with Crippen LogP contribution in [-0.4, -0.2) is 59.1 Å². The number of carbonyl (C=O) groups is 4. The highest BCUT2D eigenvalue weighted by Crippen LogP contribution is 2.34. The zero-order chi connectivity index (χ0) is 24.7. The normalized spacial score (nSPS) is 18.1. The lowest BCUT2D eigenvalue weighted by molar-refractivity contribution is -0.142. The molecule has 1 aliphatic rings. The number of benzene rings is 1. The molecule has 1 aromatic carbocycles. The Labute approximate surface area is 199 Å². The first-order chi connectivity index (χ1) is 15.6. The van der Waals surface area contributed by atoms with Gasteiger partial charge in [-0.2, -0.15) is 11.8 Å². The SMILES string of the molecule is CCC(C)C(NC(=O)N1c2ccccc2NC(=O)C1C(C)C)C(=O)NC(CCSC)C(=O)O. The number of nitrogens with zero attached hydrogens (tertiary/aromatic N) is 1. The van der Waals surface area contributed by atoms with E-state index < -0.39 is 36.0 Å². The van der Waals surface area contributed by atoms with Gasteiger partial charge in [-0.05, 0) is 42.4 Å². The van der Waals surface area contributed by atoms with Gasteiger partial charge in [0.1, 0.15) is 18.1 Å². The van der Waals surface area contributed by atoms with E-state index in [9.17, 15) is 24.3 Å². The minimum atomic E-state index is -1.12. The van der Waals surface area contributed by atoms with E-state index in [1.807, 2.05) is 34.0 Å². The van der Waals surface area contributed by atoms with Crippen LogP contribution in [0, 0.1) is 11.8 Å². The number of rotatable bonds is 10. The van der Waals surface area contributed by atoms with Crippen molar-refractivity contribution in [1.29, 1.82) is 0 Å². The van der Waals surface area contributed by atoms with Crippen molar-refractivity contribution in [2.45, 2.75) is 58.7 Å². The van der Waals surface area contributed by atoms with Gasteiger partial charge in [-0.1, -0.05) is 46.2 Å². The second-order valence-corrected chi connectivity index (χ2v) is 9.54.